The fraction of sp³-hybridized carbons (Fsp3) is 0.636. The summed E-state index contributed by atoms with van der Waals surface area (Å²) in [7, 11) is -1.62. The molecule has 0 saturated heterocycles. The van der Waals surface area contributed by atoms with E-state index in [9.17, 15) is 8.42 Å². The van der Waals surface area contributed by atoms with Crippen LogP contribution in [0.15, 0.2) is 17.5 Å². The van der Waals surface area contributed by atoms with E-state index in [1.54, 1.807) is 18.4 Å². The third-order valence-corrected chi connectivity index (χ3v) is 5.79. The lowest BCUT2D eigenvalue weighted by Crippen LogP contribution is -2.31. The Kier molecular flexibility index (Phi) is 5.58. The predicted molar refractivity (Wildman–Crippen MR) is 70.6 cm³/mol. The first-order valence-corrected chi connectivity index (χ1v) is 8.08. The van der Waals surface area contributed by atoms with Gasteiger partial charge in [0, 0.05) is 18.5 Å². The highest BCUT2D eigenvalue weighted by atomic mass is 32.2. The fourth-order valence-corrected chi connectivity index (χ4v) is 3.83. The van der Waals surface area contributed by atoms with Crippen LogP contribution in [0, 0.1) is 0 Å². The van der Waals surface area contributed by atoms with Gasteiger partial charge in [-0.2, -0.15) is 4.31 Å². The van der Waals surface area contributed by atoms with E-state index in [2.05, 4.69) is 0 Å². The second-order valence-electron chi connectivity index (χ2n) is 3.95. The van der Waals surface area contributed by atoms with Gasteiger partial charge < -0.3 is 5.11 Å². The first-order chi connectivity index (χ1) is 7.99. The molecule has 4 nitrogen and oxygen atoms in total. The Morgan fingerprint density at radius 3 is 2.71 bits per heavy atom. The maximum absolute atomic E-state index is 12.0. The molecule has 98 valence electrons. The molecule has 1 atom stereocenters. The van der Waals surface area contributed by atoms with Gasteiger partial charge in [0.2, 0.25) is 10.0 Å². The zero-order valence-corrected chi connectivity index (χ0v) is 11.8. The summed E-state index contributed by atoms with van der Waals surface area (Å²) in [5, 5.41) is 10.6. The number of rotatable bonds is 7. The number of unbranched alkanes of at least 4 members (excludes halogenated alkanes) is 1. The lowest BCUT2D eigenvalue weighted by atomic mass is 10.3. The van der Waals surface area contributed by atoms with Gasteiger partial charge in [-0.15, -0.1) is 11.3 Å². The van der Waals surface area contributed by atoms with E-state index in [4.69, 9.17) is 5.11 Å². The van der Waals surface area contributed by atoms with Crippen LogP contribution >= 0.6 is 11.3 Å². The molecule has 1 heterocycles. The molecule has 0 aliphatic rings. The van der Waals surface area contributed by atoms with Crippen molar-refractivity contribution in [1.82, 2.24) is 4.31 Å². The zero-order chi connectivity index (χ0) is 12.9. The molecule has 1 rings (SSSR count). The van der Waals surface area contributed by atoms with Crippen LogP contribution in [0.5, 0.6) is 0 Å². The summed E-state index contributed by atoms with van der Waals surface area (Å²) in [5.41, 5.74) is 0. The molecule has 0 fully saturated rings. The van der Waals surface area contributed by atoms with Gasteiger partial charge in [-0.25, -0.2) is 8.42 Å². The Morgan fingerprint density at radius 1 is 1.47 bits per heavy atom. The van der Waals surface area contributed by atoms with Gasteiger partial charge in [-0.3, -0.25) is 0 Å². The minimum Gasteiger partial charge on any atom is -0.396 e. The molecule has 0 aromatic carbocycles. The third-order valence-electron chi connectivity index (χ3n) is 2.75. The quantitative estimate of drug-likeness (QED) is 0.774. The average Bonchev–Trinajstić information content (AvgIpc) is 2.80. The van der Waals surface area contributed by atoms with E-state index in [0.29, 0.717) is 12.8 Å². The second kappa shape index (κ2) is 6.49. The Labute approximate surface area is 107 Å². The Balaban J connectivity index is 2.65. The van der Waals surface area contributed by atoms with Crippen molar-refractivity contribution >= 4 is 21.4 Å². The summed E-state index contributed by atoms with van der Waals surface area (Å²) >= 11 is 1.56. The van der Waals surface area contributed by atoms with E-state index < -0.39 is 10.0 Å². The number of aliphatic hydroxyl groups is 1. The van der Waals surface area contributed by atoms with Crippen molar-refractivity contribution in [2.45, 2.75) is 25.8 Å². The molecule has 1 N–H and O–H groups in total. The Hall–Kier alpha value is -0.430. The molecule has 0 saturated carbocycles. The molecule has 6 heteroatoms. The van der Waals surface area contributed by atoms with Gasteiger partial charge in [0.15, 0.2) is 0 Å². The van der Waals surface area contributed by atoms with Gasteiger partial charge in [0.25, 0.3) is 0 Å². The molecular weight excluding hydrogens is 258 g/mol. The lowest BCUT2D eigenvalue weighted by Gasteiger charge is -2.23. The lowest BCUT2D eigenvalue weighted by molar-refractivity contribution is 0.286. The maximum atomic E-state index is 12.0. The number of nitrogens with zero attached hydrogens (tertiary/aromatic N) is 1. The number of hydrogen-bond acceptors (Lipinski definition) is 4. The van der Waals surface area contributed by atoms with Crippen LogP contribution in [0.1, 0.15) is 30.7 Å². The van der Waals surface area contributed by atoms with Crippen LogP contribution in [-0.4, -0.2) is 37.2 Å². The van der Waals surface area contributed by atoms with Crippen molar-refractivity contribution in [1.29, 1.82) is 0 Å². The van der Waals surface area contributed by atoms with E-state index >= 15 is 0 Å². The van der Waals surface area contributed by atoms with E-state index in [-0.39, 0.29) is 18.4 Å². The highest BCUT2D eigenvalue weighted by Crippen LogP contribution is 2.25. The van der Waals surface area contributed by atoms with Gasteiger partial charge in [0.05, 0.1) is 11.8 Å². The molecule has 0 spiro atoms. The largest absolute Gasteiger partial charge is 0.396 e. The van der Waals surface area contributed by atoms with Gasteiger partial charge >= 0.3 is 0 Å². The second-order valence-corrected chi connectivity index (χ2v) is 7.08. The monoisotopic (exact) mass is 277 g/mol. The predicted octanol–water partition coefficient (Wildman–Crippen LogP) is 1.84. The van der Waals surface area contributed by atoms with Gasteiger partial charge in [-0.1, -0.05) is 6.07 Å². The standard InChI is InChI=1S/C11H19NO3S2/c1-10(11-6-5-8-16-11)12(2)17(14,15)9-4-3-7-13/h5-6,8,10,13H,3-4,7,9H2,1-2H3. The minimum atomic E-state index is -3.23. The summed E-state index contributed by atoms with van der Waals surface area (Å²) in [5.74, 6) is 0.0970. The molecule has 0 aliphatic carbocycles. The van der Waals surface area contributed by atoms with Crippen LogP contribution in [0.3, 0.4) is 0 Å². The van der Waals surface area contributed by atoms with Gasteiger partial charge in [-0.05, 0) is 31.2 Å². The van der Waals surface area contributed by atoms with Crippen LogP contribution < -0.4 is 0 Å². The average molecular weight is 277 g/mol. The van der Waals surface area contributed by atoms with E-state index in [1.807, 2.05) is 24.4 Å². The first-order valence-electron chi connectivity index (χ1n) is 5.59. The smallest absolute Gasteiger partial charge is 0.214 e. The molecule has 1 aromatic rings. The SMILES string of the molecule is CC(c1cccs1)N(C)S(=O)(=O)CCCCO. The van der Waals surface area contributed by atoms with Crippen molar-refractivity contribution < 1.29 is 13.5 Å². The molecule has 1 aromatic heterocycles. The van der Waals surface area contributed by atoms with E-state index in [1.165, 1.54) is 4.31 Å². The Bertz CT molecular complexity index is 414. The number of aliphatic hydroxyl groups excluding tert-OH is 1. The van der Waals surface area contributed by atoms with Crippen LogP contribution in [-0.2, 0) is 10.0 Å². The van der Waals surface area contributed by atoms with Gasteiger partial charge in [0.1, 0.15) is 0 Å². The molecule has 0 aliphatic heterocycles. The summed E-state index contributed by atoms with van der Waals surface area (Å²) in [6.45, 7) is 1.93. The fourth-order valence-electron chi connectivity index (χ4n) is 1.49. The third kappa shape index (κ3) is 4.06. The highest BCUT2D eigenvalue weighted by Gasteiger charge is 2.24. The van der Waals surface area contributed by atoms with Crippen LogP contribution in [0.2, 0.25) is 0 Å². The van der Waals surface area contributed by atoms with Crippen molar-refractivity contribution in [2.24, 2.45) is 0 Å². The Morgan fingerprint density at radius 2 is 2.18 bits per heavy atom. The van der Waals surface area contributed by atoms with Crippen molar-refractivity contribution in [2.75, 3.05) is 19.4 Å². The normalized spacial score (nSPS) is 14.1. The summed E-state index contributed by atoms with van der Waals surface area (Å²) < 4.78 is 25.4. The molecular formula is C11H19NO3S2. The molecule has 17 heavy (non-hydrogen) atoms. The summed E-state index contributed by atoms with van der Waals surface area (Å²) in [4.78, 5) is 1.04. The minimum absolute atomic E-state index is 0.0414. The first kappa shape index (κ1) is 14.6. The van der Waals surface area contributed by atoms with Crippen molar-refractivity contribution in [3.8, 4) is 0 Å². The van der Waals surface area contributed by atoms with Crippen molar-refractivity contribution in [3.63, 3.8) is 0 Å². The molecule has 0 amide bonds. The topological polar surface area (TPSA) is 57.6 Å². The molecule has 1 unspecified atom stereocenters. The van der Waals surface area contributed by atoms with Crippen LogP contribution in [0.4, 0.5) is 0 Å². The maximum Gasteiger partial charge on any atom is 0.214 e. The summed E-state index contributed by atoms with van der Waals surface area (Å²) in [6.07, 6.45) is 1.03. The van der Waals surface area contributed by atoms with Crippen LogP contribution in [0.25, 0.3) is 0 Å². The van der Waals surface area contributed by atoms with Crippen molar-refractivity contribution in [3.05, 3.63) is 22.4 Å². The molecule has 0 bridgehead atoms. The number of hydrogen-bond donors (Lipinski definition) is 1. The van der Waals surface area contributed by atoms with E-state index in [0.717, 1.165) is 4.88 Å². The number of thiophene rings is 1. The number of sulfonamides is 1. The summed E-state index contributed by atoms with van der Waals surface area (Å²) in [6, 6.07) is 3.73. The highest BCUT2D eigenvalue weighted by molar-refractivity contribution is 7.89. The zero-order valence-electron chi connectivity index (χ0n) is 10.2. The molecule has 0 radical (unpaired) electrons.